The van der Waals surface area contributed by atoms with E-state index in [1.165, 1.54) is 7.11 Å². The molecule has 0 aliphatic carbocycles. The van der Waals surface area contributed by atoms with Crippen LogP contribution in [-0.4, -0.2) is 24.6 Å². The van der Waals surface area contributed by atoms with Gasteiger partial charge in [0.25, 0.3) is 0 Å². The number of pyridine rings is 1. The van der Waals surface area contributed by atoms with Crippen molar-refractivity contribution in [3.05, 3.63) is 22.6 Å². The number of nitrogens with zero attached hydrogens (tertiary/aromatic N) is 1. The van der Waals surface area contributed by atoms with Crippen LogP contribution in [0.1, 0.15) is 17.3 Å². The summed E-state index contributed by atoms with van der Waals surface area (Å²) in [6.45, 7) is 2.31. The van der Waals surface area contributed by atoms with E-state index < -0.39 is 11.8 Å². The molecule has 0 atom stereocenters. The lowest BCUT2D eigenvalue weighted by molar-refractivity contribution is 0.0600. The number of methoxy groups -OCH3 is 1. The van der Waals surface area contributed by atoms with Crippen LogP contribution in [0.4, 0.5) is 10.2 Å². The molecule has 1 aromatic heterocycles. The lowest BCUT2D eigenvalue weighted by Gasteiger charge is -2.07. The van der Waals surface area contributed by atoms with Gasteiger partial charge in [-0.25, -0.2) is 14.2 Å². The number of carbonyl (C=O) groups excluding carboxylic acids is 1. The number of nitrogens with one attached hydrogen (secondary N) is 1. The molecule has 4 nitrogen and oxygen atoms in total. The minimum Gasteiger partial charge on any atom is -0.465 e. The van der Waals surface area contributed by atoms with Crippen molar-refractivity contribution < 1.29 is 13.9 Å². The standard InChI is InChI=1S/C9H10ClFN2O2/c1-3-12-8-6(11)4-5(7(10)13-8)9(14)15-2/h4H,3H2,1-2H3,(H,12,13). The Morgan fingerprint density at radius 2 is 2.40 bits per heavy atom. The molecule has 0 aromatic carbocycles. The fraction of sp³-hybridized carbons (Fsp3) is 0.333. The zero-order valence-electron chi connectivity index (χ0n) is 8.30. The topological polar surface area (TPSA) is 51.2 Å². The minimum atomic E-state index is -0.713. The van der Waals surface area contributed by atoms with Gasteiger partial charge in [-0.1, -0.05) is 11.6 Å². The summed E-state index contributed by atoms with van der Waals surface area (Å²) in [5, 5.41) is 2.59. The van der Waals surface area contributed by atoms with Gasteiger partial charge >= 0.3 is 5.97 Å². The molecule has 0 fully saturated rings. The molecule has 1 heterocycles. The zero-order chi connectivity index (χ0) is 11.4. The number of carbonyl (C=O) groups is 1. The number of halogens is 2. The summed E-state index contributed by atoms with van der Waals surface area (Å²) in [6, 6.07) is 0.999. The van der Waals surface area contributed by atoms with E-state index in [1.54, 1.807) is 6.92 Å². The lowest BCUT2D eigenvalue weighted by atomic mass is 10.3. The smallest absolute Gasteiger partial charge is 0.341 e. The summed E-state index contributed by atoms with van der Waals surface area (Å²) in [6.07, 6.45) is 0. The number of hydrogen-bond donors (Lipinski definition) is 1. The Kier molecular flexibility index (Phi) is 3.85. The third-order valence-corrected chi connectivity index (χ3v) is 1.97. The maximum absolute atomic E-state index is 13.3. The van der Waals surface area contributed by atoms with Crippen molar-refractivity contribution in [1.82, 2.24) is 4.98 Å². The minimum absolute atomic E-state index is 0.0233. The first-order chi connectivity index (χ1) is 7.10. The monoisotopic (exact) mass is 232 g/mol. The van der Waals surface area contributed by atoms with Crippen LogP contribution < -0.4 is 5.32 Å². The predicted octanol–water partition coefficient (Wildman–Crippen LogP) is 2.09. The Bertz CT molecular complexity index is 385. The number of esters is 1. The Morgan fingerprint density at radius 1 is 1.73 bits per heavy atom. The van der Waals surface area contributed by atoms with Gasteiger partial charge in [0.2, 0.25) is 0 Å². The molecule has 0 saturated heterocycles. The molecule has 0 spiro atoms. The normalized spacial score (nSPS) is 9.87. The van der Waals surface area contributed by atoms with Gasteiger partial charge < -0.3 is 10.1 Å². The highest BCUT2D eigenvalue weighted by Crippen LogP contribution is 2.20. The Balaban J connectivity index is 3.13. The molecule has 15 heavy (non-hydrogen) atoms. The second-order valence-electron chi connectivity index (χ2n) is 2.68. The second kappa shape index (κ2) is 4.93. The fourth-order valence-electron chi connectivity index (χ4n) is 1.01. The molecule has 0 radical (unpaired) electrons. The number of rotatable bonds is 3. The molecule has 1 rings (SSSR count). The van der Waals surface area contributed by atoms with E-state index in [9.17, 15) is 9.18 Å². The van der Waals surface area contributed by atoms with Crippen LogP contribution in [0, 0.1) is 5.82 Å². The van der Waals surface area contributed by atoms with Gasteiger partial charge in [-0.05, 0) is 13.0 Å². The second-order valence-corrected chi connectivity index (χ2v) is 3.04. The molecule has 6 heteroatoms. The van der Waals surface area contributed by atoms with Crippen molar-refractivity contribution in [2.45, 2.75) is 6.92 Å². The molecule has 1 N–H and O–H groups in total. The van der Waals surface area contributed by atoms with E-state index in [2.05, 4.69) is 15.0 Å². The van der Waals surface area contributed by atoms with Crippen LogP contribution in [0.25, 0.3) is 0 Å². The largest absolute Gasteiger partial charge is 0.465 e. The van der Waals surface area contributed by atoms with E-state index in [0.29, 0.717) is 6.54 Å². The molecule has 0 amide bonds. The van der Waals surface area contributed by atoms with Gasteiger partial charge in [-0.2, -0.15) is 0 Å². The molecular formula is C9H10ClFN2O2. The third-order valence-electron chi connectivity index (χ3n) is 1.68. The average Bonchev–Trinajstić information content (AvgIpc) is 2.22. The first-order valence-electron chi connectivity index (χ1n) is 4.28. The maximum Gasteiger partial charge on any atom is 0.341 e. The summed E-state index contributed by atoms with van der Waals surface area (Å²) < 4.78 is 17.7. The molecule has 1 aromatic rings. The van der Waals surface area contributed by atoms with Crippen LogP contribution in [0.2, 0.25) is 5.15 Å². The Morgan fingerprint density at radius 3 is 2.93 bits per heavy atom. The first-order valence-corrected chi connectivity index (χ1v) is 4.66. The average molecular weight is 233 g/mol. The third kappa shape index (κ3) is 2.56. The van der Waals surface area contributed by atoms with Gasteiger partial charge in [-0.3, -0.25) is 0 Å². The SMILES string of the molecule is CCNc1nc(Cl)c(C(=O)OC)cc1F. The first kappa shape index (κ1) is 11.7. The van der Waals surface area contributed by atoms with Crippen LogP contribution in [0.3, 0.4) is 0 Å². The van der Waals surface area contributed by atoms with E-state index in [1.807, 2.05) is 0 Å². The summed E-state index contributed by atoms with van der Waals surface area (Å²) in [5.74, 6) is -1.33. The number of aromatic nitrogens is 1. The van der Waals surface area contributed by atoms with E-state index >= 15 is 0 Å². The predicted molar refractivity (Wildman–Crippen MR) is 54.7 cm³/mol. The Labute approximate surface area is 91.4 Å². The van der Waals surface area contributed by atoms with Gasteiger partial charge in [-0.15, -0.1) is 0 Å². The molecule has 82 valence electrons. The van der Waals surface area contributed by atoms with Crippen molar-refractivity contribution in [3.8, 4) is 0 Å². The number of hydrogen-bond acceptors (Lipinski definition) is 4. The molecule has 0 saturated carbocycles. The number of ether oxygens (including phenoxy) is 1. The quantitative estimate of drug-likeness (QED) is 0.641. The van der Waals surface area contributed by atoms with E-state index in [0.717, 1.165) is 6.07 Å². The molecule has 0 bridgehead atoms. The highest BCUT2D eigenvalue weighted by atomic mass is 35.5. The summed E-state index contributed by atoms with van der Waals surface area (Å²) >= 11 is 5.69. The fourth-order valence-corrected chi connectivity index (χ4v) is 1.23. The molecular weight excluding hydrogens is 223 g/mol. The molecule has 0 aliphatic heterocycles. The Hall–Kier alpha value is -1.36. The van der Waals surface area contributed by atoms with Crippen LogP contribution in [0.5, 0.6) is 0 Å². The van der Waals surface area contributed by atoms with Gasteiger partial charge in [0.15, 0.2) is 11.6 Å². The zero-order valence-corrected chi connectivity index (χ0v) is 9.06. The van der Waals surface area contributed by atoms with Gasteiger partial charge in [0.1, 0.15) is 10.7 Å². The van der Waals surface area contributed by atoms with Crippen molar-refractivity contribution in [2.75, 3.05) is 19.0 Å². The summed E-state index contributed by atoms with van der Waals surface area (Å²) in [7, 11) is 1.19. The van der Waals surface area contributed by atoms with Crippen LogP contribution in [0.15, 0.2) is 6.07 Å². The van der Waals surface area contributed by atoms with Crippen molar-refractivity contribution in [2.24, 2.45) is 0 Å². The van der Waals surface area contributed by atoms with E-state index in [4.69, 9.17) is 11.6 Å². The number of anilines is 1. The van der Waals surface area contributed by atoms with Crippen LogP contribution in [-0.2, 0) is 4.74 Å². The summed E-state index contributed by atoms with van der Waals surface area (Å²) in [4.78, 5) is 14.8. The van der Waals surface area contributed by atoms with Crippen LogP contribution >= 0.6 is 11.6 Å². The maximum atomic E-state index is 13.3. The molecule has 0 aliphatic rings. The highest BCUT2D eigenvalue weighted by molar-refractivity contribution is 6.32. The summed E-state index contributed by atoms with van der Waals surface area (Å²) in [5.41, 5.74) is -0.0849. The van der Waals surface area contributed by atoms with Gasteiger partial charge in [0, 0.05) is 6.54 Å². The van der Waals surface area contributed by atoms with Gasteiger partial charge in [0.05, 0.1) is 7.11 Å². The van der Waals surface area contributed by atoms with E-state index in [-0.39, 0.29) is 16.5 Å². The highest BCUT2D eigenvalue weighted by Gasteiger charge is 2.16. The lowest BCUT2D eigenvalue weighted by Crippen LogP contribution is -2.08. The van der Waals surface area contributed by atoms with Crippen molar-refractivity contribution in [1.29, 1.82) is 0 Å². The molecule has 0 unspecified atom stereocenters. The van der Waals surface area contributed by atoms with Crippen molar-refractivity contribution >= 4 is 23.4 Å². The van der Waals surface area contributed by atoms with Crippen molar-refractivity contribution in [3.63, 3.8) is 0 Å².